The zero-order valence-electron chi connectivity index (χ0n) is 12.2. The Morgan fingerprint density at radius 2 is 2.00 bits per heavy atom. The van der Waals surface area contributed by atoms with Crippen LogP contribution in [0.25, 0.3) is 0 Å². The van der Waals surface area contributed by atoms with Gasteiger partial charge in [-0.1, -0.05) is 13.0 Å². The third-order valence-electron chi connectivity index (χ3n) is 3.24. The number of rotatable bonds is 7. The third-order valence-corrected chi connectivity index (χ3v) is 3.24. The summed E-state index contributed by atoms with van der Waals surface area (Å²) in [5.41, 5.74) is 4.68. The molecule has 0 aromatic carbocycles. The Morgan fingerprint density at radius 3 is 2.70 bits per heavy atom. The van der Waals surface area contributed by atoms with Gasteiger partial charge in [0.05, 0.1) is 5.69 Å². The molecule has 2 rings (SSSR count). The van der Waals surface area contributed by atoms with Crippen LogP contribution >= 0.6 is 0 Å². The van der Waals surface area contributed by atoms with Crippen molar-refractivity contribution in [2.24, 2.45) is 0 Å². The van der Waals surface area contributed by atoms with Crippen molar-refractivity contribution in [1.29, 1.82) is 0 Å². The zero-order chi connectivity index (χ0) is 14.2. The Balaban J connectivity index is 1.67. The van der Waals surface area contributed by atoms with Gasteiger partial charge in [0.1, 0.15) is 0 Å². The maximum Gasteiger partial charge on any atom is 0.0541 e. The summed E-state index contributed by atoms with van der Waals surface area (Å²) in [6, 6.07) is 6.23. The summed E-state index contributed by atoms with van der Waals surface area (Å²) in [6.45, 7) is 6.79. The first-order valence-electron chi connectivity index (χ1n) is 7.08. The SMILES string of the molecule is CCc1ccc(CNCCNc2ccncc2C)nc1. The van der Waals surface area contributed by atoms with Crippen molar-refractivity contribution in [3.8, 4) is 0 Å². The van der Waals surface area contributed by atoms with Crippen LogP contribution in [0.2, 0.25) is 0 Å². The average Bonchev–Trinajstić information content (AvgIpc) is 2.49. The molecule has 0 aliphatic carbocycles. The minimum absolute atomic E-state index is 0.807. The largest absolute Gasteiger partial charge is 0.383 e. The van der Waals surface area contributed by atoms with Crippen molar-refractivity contribution < 1.29 is 0 Å². The molecule has 0 aliphatic rings. The van der Waals surface area contributed by atoms with E-state index in [0.29, 0.717) is 0 Å². The number of hydrogen-bond donors (Lipinski definition) is 2. The van der Waals surface area contributed by atoms with E-state index in [9.17, 15) is 0 Å². The molecule has 106 valence electrons. The number of nitrogens with zero attached hydrogens (tertiary/aromatic N) is 2. The van der Waals surface area contributed by atoms with E-state index < -0.39 is 0 Å². The van der Waals surface area contributed by atoms with Crippen molar-refractivity contribution in [2.45, 2.75) is 26.8 Å². The highest BCUT2D eigenvalue weighted by atomic mass is 15.0. The van der Waals surface area contributed by atoms with Gasteiger partial charge < -0.3 is 10.6 Å². The molecule has 0 spiro atoms. The van der Waals surface area contributed by atoms with Crippen LogP contribution < -0.4 is 10.6 Å². The van der Waals surface area contributed by atoms with E-state index in [1.54, 1.807) is 0 Å². The Kier molecular flexibility index (Phi) is 5.50. The summed E-state index contributed by atoms with van der Waals surface area (Å²) in [4.78, 5) is 8.51. The Morgan fingerprint density at radius 1 is 1.10 bits per heavy atom. The molecule has 2 N–H and O–H groups in total. The Bertz CT molecular complexity index is 522. The van der Waals surface area contributed by atoms with Gasteiger partial charge in [-0.2, -0.15) is 0 Å². The fourth-order valence-corrected chi connectivity index (χ4v) is 1.94. The van der Waals surface area contributed by atoms with Crippen LogP contribution in [0, 0.1) is 6.92 Å². The molecule has 2 aromatic heterocycles. The minimum Gasteiger partial charge on any atom is -0.383 e. The van der Waals surface area contributed by atoms with Crippen LogP contribution in [-0.4, -0.2) is 23.1 Å². The van der Waals surface area contributed by atoms with E-state index in [-0.39, 0.29) is 0 Å². The lowest BCUT2D eigenvalue weighted by Crippen LogP contribution is -2.22. The predicted molar refractivity (Wildman–Crippen MR) is 82.8 cm³/mol. The van der Waals surface area contributed by atoms with E-state index in [1.807, 2.05) is 24.7 Å². The lowest BCUT2D eigenvalue weighted by Gasteiger charge is -2.09. The van der Waals surface area contributed by atoms with Crippen LogP contribution in [0.1, 0.15) is 23.7 Å². The van der Waals surface area contributed by atoms with Crippen molar-refractivity contribution in [3.63, 3.8) is 0 Å². The molecule has 0 saturated carbocycles. The topological polar surface area (TPSA) is 49.8 Å². The van der Waals surface area contributed by atoms with Crippen molar-refractivity contribution in [2.75, 3.05) is 18.4 Å². The summed E-state index contributed by atoms with van der Waals surface area (Å²) in [5, 5.41) is 6.78. The normalized spacial score (nSPS) is 10.5. The van der Waals surface area contributed by atoms with Crippen molar-refractivity contribution >= 4 is 5.69 Å². The van der Waals surface area contributed by atoms with Crippen LogP contribution in [-0.2, 0) is 13.0 Å². The second-order valence-electron chi connectivity index (χ2n) is 4.81. The number of aryl methyl sites for hydroxylation is 2. The summed E-state index contributed by atoms with van der Waals surface area (Å²) < 4.78 is 0. The van der Waals surface area contributed by atoms with Crippen LogP contribution in [0.4, 0.5) is 5.69 Å². The van der Waals surface area contributed by atoms with Gasteiger partial charge in [-0.05, 0) is 36.6 Å². The second-order valence-corrected chi connectivity index (χ2v) is 4.81. The minimum atomic E-state index is 0.807. The van der Waals surface area contributed by atoms with Gasteiger partial charge in [0.2, 0.25) is 0 Å². The van der Waals surface area contributed by atoms with E-state index in [4.69, 9.17) is 0 Å². The van der Waals surface area contributed by atoms with Crippen LogP contribution in [0.5, 0.6) is 0 Å². The summed E-state index contributed by atoms with van der Waals surface area (Å²) in [7, 11) is 0. The van der Waals surface area contributed by atoms with Gasteiger partial charge in [0.15, 0.2) is 0 Å². The van der Waals surface area contributed by atoms with Gasteiger partial charge in [0, 0.05) is 43.9 Å². The van der Waals surface area contributed by atoms with Crippen molar-refractivity contribution in [1.82, 2.24) is 15.3 Å². The quantitative estimate of drug-likeness (QED) is 0.759. The highest BCUT2D eigenvalue weighted by molar-refractivity contribution is 5.48. The van der Waals surface area contributed by atoms with E-state index in [0.717, 1.165) is 37.4 Å². The molecule has 4 heteroatoms. The molecule has 0 bridgehead atoms. The predicted octanol–water partition coefficient (Wildman–Crippen LogP) is 2.55. The van der Waals surface area contributed by atoms with Gasteiger partial charge in [-0.25, -0.2) is 0 Å². The highest BCUT2D eigenvalue weighted by Gasteiger charge is 1.97. The number of hydrogen-bond acceptors (Lipinski definition) is 4. The maximum atomic E-state index is 4.43. The van der Waals surface area contributed by atoms with Gasteiger partial charge in [-0.15, -0.1) is 0 Å². The molecular formula is C16H22N4. The van der Waals surface area contributed by atoms with E-state index >= 15 is 0 Å². The first-order valence-corrected chi connectivity index (χ1v) is 7.08. The monoisotopic (exact) mass is 270 g/mol. The molecule has 0 fully saturated rings. The number of aromatic nitrogens is 2. The summed E-state index contributed by atoms with van der Waals surface area (Å²) in [6.07, 6.45) is 6.67. The number of nitrogens with one attached hydrogen (secondary N) is 2. The average molecular weight is 270 g/mol. The Hall–Kier alpha value is -1.94. The molecule has 0 saturated heterocycles. The molecule has 0 unspecified atom stereocenters. The molecule has 2 aromatic rings. The molecule has 0 amide bonds. The van der Waals surface area contributed by atoms with E-state index in [2.05, 4.69) is 46.6 Å². The molecule has 0 atom stereocenters. The third kappa shape index (κ3) is 4.31. The smallest absolute Gasteiger partial charge is 0.0541 e. The first kappa shape index (κ1) is 14.5. The highest BCUT2D eigenvalue weighted by Crippen LogP contribution is 2.10. The van der Waals surface area contributed by atoms with Crippen molar-refractivity contribution in [3.05, 3.63) is 53.6 Å². The lowest BCUT2D eigenvalue weighted by atomic mass is 10.2. The fraction of sp³-hybridized carbons (Fsp3) is 0.375. The van der Waals surface area contributed by atoms with Gasteiger partial charge in [-0.3, -0.25) is 9.97 Å². The molecule has 2 heterocycles. The second kappa shape index (κ2) is 7.60. The lowest BCUT2D eigenvalue weighted by molar-refractivity contribution is 0.692. The Labute approximate surface area is 120 Å². The molecule has 0 radical (unpaired) electrons. The standard InChI is InChI=1S/C16H22N4/c1-3-14-4-5-15(20-11-14)12-18-8-9-19-16-6-7-17-10-13(16)2/h4-7,10-11,18H,3,8-9,12H2,1-2H3,(H,17,19). The summed E-state index contributed by atoms with van der Waals surface area (Å²) in [5.74, 6) is 0. The zero-order valence-corrected chi connectivity index (χ0v) is 12.2. The van der Waals surface area contributed by atoms with Gasteiger partial charge in [0.25, 0.3) is 0 Å². The van der Waals surface area contributed by atoms with Gasteiger partial charge >= 0.3 is 0 Å². The first-order chi connectivity index (χ1) is 9.79. The fourth-order valence-electron chi connectivity index (χ4n) is 1.94. The molecular weight excluding hydrogens is 248 g/mol. The van der Waals surface area contributed by atoms with E-state index in [1.165, 1.54) is 11.1 Å². The maximum absolute atomic E-state index is 4.43. The number of anilines is 1. The molecule has 4 nitrogen and oxygen atoms in total. The van der Waals surface area contributed by atoms with Crippen LogP contribution in [0.3, 0.4) is 0 Å². The number of pyridine rings is 2. The molecule has 0 aliphatic heterocycles. The summed E-state index contributed by atoms with van der Waals surface area (Å²) >= 11 is 0. The van der Waals surface area contributed by atoms with Crippen LogP contribution in [0.15, 0.2) is 36.8 Å². The molecule has 20 heavy (non-hydrogen) atoms.